The van der Waals surface area contributed by atoms with E-state index in [9.17, 15) is 0 Å². The van der Waals surface area contributed by atoms with Crippen molar-refractivity contribution in [3.8, 4) is 0 Å². The van der Waals surface area contributed by atoms with Crippen LogP contribution < -0.4 is 0 Å². The minimum atomic E-state index is -0.0128. The smallest absolute Gasteiger partial charge is 0.221 e. The second kappa shape index (κ2) is 5.27. The molecule has 0 fully saturated rings. The van der Waals surface area contributed by atoms with Gasteiger partial charge in [-0.15, -0.1) is 0 Å². The molecule has 0 aliphatic carbocycles. The first-order chi connectivity index (χ1) is 8.66. The van der Waals surface area contributed by atoms with Gasteiger partial charge in [-0.25, -0.2) is 0 Å². The number of hydrogen-bond donors (Lipinski definition) is 2. The van der Waals surface area contributed by atoms with Crippen LogP contribution in [0.2, 0.25) is 0 Å². The van der Waals surface area contributed by atoms with E-state index in [2.05, 4.69) is 0 Å². The molecule has 0 unspecified atom stereocenters. The molecule has 0 saturated heterocycles. The molecule has 18 heavy (non-hydrogen) atoms. The maximum absolute atomic E-state index is 7.82. The average Bonchev–Trinajstić information content (AvgIpc) is 2.40. The van der Waals surface area contributed by atoms with Crippen LogP contribution in [0.5, 0.6) is 0 Å². The summed E-state index contributed by atoms with van der Waals surface area (Å²) < 4.78 is 5.23. The van der Waals surface area contributed by atoms with E-state index >= 15 is 0 Å². The number of benzene rings is 2. The van der Waals surface area contributed by atoms with Crippen molar-refractivity contribution in [2.75, 3.05) is 0 Å². The first-order valence-corrected chi connectivity index (χ1v) is 5.64. The Morgan fingerprint density at radius 2 is 1.28 bits per heavy atom. The van der Waals surface area contributed by atoms with Gasteiger partial charge in [-0.3, -0.25) is 10.8 Å². The van der Waals surface area contributed by atoms with Crippen molar-refractivity contribution < 1.29 is 4.74 Å². The average molecular weight is 238 g/mol. The Morgan fingerprint density at radius 3 is 1.83 bits per heavy atom. The number of aryl methyl sites for hydroxylation is 1. The lowest BCUT2D eigenvalue weighted by atomic mass is 10.1. The fraction of sp³-hybridized carbons (Fsp3) is 0.0667. The molecule has 2 N–H and O–H groups in total. The fourth-order valence-electron chi connectivity index (χ4n) is 1.51. The van der Waals surface area contributed by atoms with Gasteiger partial charge in [0.2, 0.25) is 11.8 Å². The lowest BCUT2D eigenvalue weighted by Crippen LogP contribution is -2.12. The molecule has 0 spiro atoms. The first kappa shape index (κ1) is 12.0. The van der Waals surface area contributed by atoms with Gasteiger partial charge in [-0.2, -0.15) is 0 Å². The predicted octanol–water partition coefficient (Wildman–Crippen LogP) is 3.36. The summed E-state index contributed by atoms with van der Waals surface area (Å²) in [6, 6.07) is 16.6. The van der Waals surface area contributed by atoms with Crippen LogP contribution in [0, 0.1) is 17.7 Å². The third-order valence-corrected chi connectivity index (χ3v) is 2.55. The van der Waals surface area contributed by atoms with Gasteiger partial charge < -0.3 is 4.74 Å². The zero-order valence-corrected chi connectivity index (χ0v) is 10.1. The number of ether oxygens (including phenoxy) is 1. The largest absolute Gasteiger partial charge is 0.421 e. The molecule has 0 aromatic heterocycles. The molecule has 3 nitrogen and oxygen atoms in total. The Kier molecular flexibility index (Phi) is 3.53. The Bertz CT molecular complexity index is 559. The van der Waals surface area contributed by atoms with Crippen molar-refractivity contribution >= 4 is 11.8 Å². The molecule has 0 amide bonds. The van der Waals surface area contributed by atoms with Crippen LogP contribution in [0.3, 0.4) is 0 Å². The van der Waals surface area contributed by atoms with Crippen LogP contribution in [0.4, 0.5) is 0 Å². The quantitative estimate of drug-likeness (QED) is 0.611. The molecular formula is C15H14N2O. The summed E-state index contributed by atoms with van der Waals surface area (Å²) in [6.45, 7) is 1.99. The summed E-state index contributed by atoms with van der Waals surface area (Å²) in [6.07, 6.45) is 0. The lowest BCUT2D eigenvalue weighted by molar-refractivity contribution is 0.538. The Labute approximate surface area is 106 Å². The van der Waals surface area contributed by atoms with Crippen molar-refractivity contribution in [1.29, 1.82) is 10.8 Å². The molecule has 2 aromatic rings. The van der Waals surface area contributed by atoms with Crippen molar-refractivity contribution in [2.24, 2.45) is 0 Å². The van der Waals surface area contributed by atoms with Gasteiger partial charge in [0, 0.05) is 11.1 Å². The van der Waals surface area contributed by atoms with Gasteiger partial charge >= 0.3 is 0 Å². The maximum atomic E-state index is 7.82. The minimum Gasteiger partial charge on any atom is -0.421 e. The van der Waals surface area contributed by atoms with E-state index in [0.29, 0.717) is 11.1 Å². The summed E-state index contributed by atoms with van der Waals surface area (Å²) in [5.41, 5.74) is 2.46. The van der Waals surface area contributed by atoms with Crippen LogP contribution in [-0.2, 0) is 4.74 Å². The van der Waals surface area contributed by atoms with E-state index < -0.39 is 0 Å². The van der Waals surface area contributed by atoms with E-state index in [1.54, 1.807) is 12.1 Å². The van der Waals surface area contributed by atoms with Crippen molar-refractivity contribution in [3.63, 3.8) is 0 Å². The van der Waals surface area contributed by atoms with Crippen LogP contribution in [-0.4, -0.2) is 11.8 Å². The molecule has 3 heteroatoms. The fourth-order valence-corrected chi connectivity index (χ4v) is 1.51. The van der Waals surface area contributed by atoms with Gasteiger partial charge in [0.15, 0.2) is 0 Å². The highest BCUT2D eigenvalue weighted by atomic mass is 16.5. The van der Waals surface area contributed by atoms with Crippen LogP contribution in [0.15, 0.2) is 54.6 Å². The van der Waals surface area contributed by atoms with Crippen LogP contribution in [0.1, 0.15) is 16.7 Å². The molecule has 2 rings (SSSR count). The molecule has 0 radical (unpaired) electrons. The summed E-state index contributed by atoms with van der Waals surface area (Å²) in [5, 5.41) is 15.6. The highest BCUT2D eigenvalue weighted by Crippen LogP contribution is 2.07. The third kappa shape index (κ3) is 2.83. The highest BCUT2D eigenvalue weighted by molar-refractivity contribution is 6.04. The van der Waals surface area contributed by atoms with E-state index in [1.165, 1.54) is 0 Å². The molecular weight excluding hydrogens is 224 g/mol. The first-order valence-electron chi connectivity index (χ1n) is 5.64. The second-order valence-corrected chi connectivity index (χ2v) is 3.99. The zero-order chi connectivity index (χ0) is 13.0. The van der Waals surface area contributed by atoms with Gasteiger partial charge in [-0.1, -0.05) is 35.9 Å². The van der Waals surface area contributed by atoms with Gasteiger partial charge in [-0.05, 0) is 31.2 Å². The third-order valence-electron chi connectivity index (χ3n) is 2.55. The van der Waals surface area contributed by atoms with Gasteiger partial charge in [0.25, 0.3) is 0 Å². The number of hydrogen-bond acceptors (Lipinski definition) is 3. The maximum Gasteiger partial charge on any atom is 0.221 e. The van der Waals surface area contributed by atoms with Crippen molar-refractivity contribution in [1.82, 2.24) is 0 Å². The molecule has 0 aliphatic heterocycles. The normalized spacial score (nSPS) is 9.83. The molecule has 90 valence electrons. The predicted molar refractivity (Wildman–Crippen MR) is 72.4 cm³/mol. The highest BCUT2D eigenvalue weighted by Gasteiger charge is 2.07. The van der Waals surface area contributed by atoms with Crippen LogP contribution in [0.25, 0.3) is 0 Å². The molecule has 0 heterocycles. The lowest BCUT2D eigenvalue weighted by Gasteiger charge is -2.08. The topological polar surface area (TPSA) is 56.9 Å². The van der Waals surface area contributed by atoms with E-state index in [4.69, 9.17) is 15.6 Å². The Hall–Kier alpha value is -2.42. The van der Waals surface area contributed by atoms with E-state index in [0.717, 1.165) is 5.56 Å². The van der Waals surface area contributed by atoms with E-state index in [-0.39, 0.29) is 11.8 Å². The molecule has 0 saturated carbocycles. The SMILES string of the molecule is Cc1ccc(C(=N)OC(=N)c2ccccc2)cc1. The monoisotopic (exact) mass is 238 g/mol. The van der Waals surface area contributed by atoms with Crippen molar-refractivity contribution in [3.05, 3.63) is 71.3 Å². The summed E-state index contributed by atoms with van der Waals surface area (Å²) >= 11 is 0. The number of nitrogens with one attached hydrogen (secondary N) is 2. The number of rotatable bonds is 2. The molecule has 2 aromatic carbocycles. The minimum absolute atomic E-state index is 0.0103. The van der Waals surface area contributed by atoms with Gasteiger partial charge in [0.1, 0.15) is 0 Å². The van der Waals surface area contributed by atoms with E-state index in [1.807, 2.05) is 49.4 Å². The zero-order valence-electron chi connectivity index (χ0n) is 10.1. The summed E-state index contributed by atoms with van der Waals surface area (Å²) in [4.78, 5) is 0. The van der Waals surface area contributed by atoms with Crippen molar-refractivity contribution in [2.45, 2.75) is 6.92 Å². The molecule has 0 bridgehead atoms. The second-order valence-electron chi connectivity index (χ2n) is 3.99. The van der Waals surface area contributed by atoms with Crippen LogP contribution >= 0.6 is 0 Å². The molecule has 0 aliphatic rings. The van der Waals surface area contributed by atoms with Gasteiger partial charge in [0.05, 0.1) is 0 Å². The summed E-state index contributed by atoms with van der Waals surface area (Å²) in [5.74, 6) is -0.0231. The Morgan fingerprint density at radius 1 is 0.778 bits per heavy atom. The standard InChI is InChI=1S/C15H14N2O/c1-11-7-9-13(10-8-11)15(17)18-14(16)12-5-3-2-4-6-12/h2-10,16-17H,1H3. The molecule has 0 atom stereocenters. The Balaban J connectivity index is 2.08. The summed E-state index contributed by atoms with van der Waals surface area (Å²) in [7, 11) is 0.